The average Bonchev–Trinajstić information content (AvgIpc) is 2.55. The van der Waals surface area contributed by atoms with Crippen LogP contribution in [-0.2, 0) is 0 Å². The van der Waals surface area contributed by atoms with E-state index in [9.17, 15) is 4.79 Å². The third-order valence-electron chi connectivity index (χ3n) is 3.31. The van der Waals surface area contributed by atoms with Gasteiger partial charge in [-0.3, -0.25) is 4.79 Å². The second-order valence-electron chi connectivity index (χ2n) is 4.84. The molecule has 1 aromatic heterocycles. The van der Waals surface area contributed by atoms with E-state index in [-0.39, 0.29) is 5.56 Å². The number of hydrogen-bond acceptors (Lipinski definition) is 3. The second-order valence-corrected chi connectivity index (χ2v) is 5.66. The molecule has 23 heavy (non-hydrogen) atoms. The zero-order valence-corrected chi connectivity index (χ0v) is 13.7. The van der Waals surface area contributed by atoms with Gasteiger partial charge in [0.1, 0.15) is 11.4 Å². The van der Waals surface area contributed by atoms with Gasteiger partial charge in [0.05, 0.1) is 28.2 Å². The number of hydrogen-bond donors (Lipinski definition) is 1. The van der Waals surface area contributed by atoms with E-state index in [0.717, 1.165) is 11.3 Å². The number of H-pyrrole nitrogens is 1. The van der Waals surface area contributed by atoms with Crippen LogP contribution in [0.2, 0.25) is 10.0 Å². The zero-order valence-electron chi connectivity index (χ0n) is 12.1. The predicted octanol–water partition coefficient (Wildman–Crippen LogP) is 4.41. The van der Waals surface area contributed by atoms with Crippen molar-refractivity contribution < 1.29 is 4.74 Å². The molecule has 0 atom stereocenters. The maximum absolute atomic E-state index is 12.1. The Morgan fingerprint density at radius 2 is 1.78 bits per heavy atom. The highest BCUT2D eigenvalue weighted by Gasteiger charge is 2.06. The Bertz CT molecular complexity index is 947. The van der Waals surface area contributed by atoms with Gasteiger partial charge in [0, 0.05) is 0 Å². The number of benzene rings is 2. The Morgan fingerprint density at radius 3 is 2.48 bits per heavy atom. The highest BCUT2D eigenvalue weighted by Crippen LogP contribution is 2.25. The number of nitrogens with zero attached hydrogens (tertiary/aromatic N) is 1. The van der Waals surface area contributed by atoms with E-state index in [4.69, 9.17) is 27.9 Å². The third kappa shape index (κ3) is 3.38. The topological polar surface area (TPSA) is 55.0 Å². The molecular formula is C17H12Cl2N2O2. The van der Waals surface area contributed by atoms with E-state index in [1.807, 2.05) is 24.3 Å². The van der Waals surface area contributed by atoms with Gasteiger partial charge in [-0.15, -0.1) is 0 Å². The van der Waals surface area contributed by atoms with Crippen LogP contribution >= 0.6 is 23.2 Å². The molecule has 0 aliphatic carbocycles. The molecule has 116 valence electrons. The SMILES string of the molecule is COc1ccc(C=Cc2nc3cc(Cl)c(Cl)cc3[nH]c2=O)cc1. The van der Waals surface area contributed by atoms with Crippen molar-refractivity contribution in [2.45, 2.75) is 0 Å². The lowest BCUT2D eigenvalue weighted by Crippen LogP contribution is -2.11. The first-order chi connectivity index (χ1) is 11.1. The van der Waals surface area contributed by atoms with E-state index in [2.05, 4.69) is 9.97 Å². The number of nitrogens with one attached hydrogen (secondary N) is 1. The predicted molar refractivity (Wildman–Crippen MR) is 94.3 cm³/mol. The Morgan fingerprint density at radius 1 is 1.09 bits per heavy atom. The lowest BCUT2D eigenvalue weighted by Gasteiger charge is -2.02. The maximum atomic E-state index is 12.1. The van der Waals surface area contributed by atoms with Gasteiger partial charge in [-0.2, -0.15) is 0 Å². The lowest BCUT2D eigenvalue weighted by atomic mass is 10.2. The molecular weight excluding hydrogens is 335 g/mol. The molecule has 1 heterocycles. The molecule has 0 aliphatic heterocycles. The first kappa shape index (κ1) is 15.6. The number of aromatic amines is 1. The monoisotopic (exact) mass is 346 g/mol. The van der Waals surface area contributed by atoms with E-state index in [0.29, 0.717) is 26.8 Å². The molecule has 3 rings (SSSR count). The van der Waals surface area contributed by atoms with Crippen molar-refractivity contribution in [3.8, 4) is 5.75 Å². The van der Waals surface area contributed by atoms with Crippen LogP contribution < -0.4 is 10.3 Å². The van der Waals surface area contributed by atoms with Crippen LogP contribution in [0.3, 0.4) is 0 Å². The van der Waals surface area contributed by atoms with E-state index < -0.39 is 0 Å². The Balaban J connectivity index is 1.98. The zero-order chi connectivity index (χ0) is 16.4. The first-order valence-electron chi connectivity index (χ1n) is 6.78. The normalized spacial score (nSPS) is 11.3. The number of halogens is 2. The minimum Gasteiger partial charge on any atom is -0.497 e. The number of rotatable bonds is 3. The smallest absolute Gasteiger partial charge is 0.274 e. The average molecular weight is 347 g/mol. The Kier molecular flexibility index (Phi) is 4.37. The maximum Gasteiger partial charge on any atom is 0.274 e. The summed E-state index contributed by atoms with van der Waals surface area (Å²) >= 11 is 11.9. The van der Waals surface area contributed by atoms with Gasteiger partial charge in [0.15, 0.2) is 0 Å². The molecule has 0 fully saturated rings. The third-order valence-corrected chi connectivity index (χ3v) is 4.03. The summed E-state index contributed by atoms with van der Waals surface area (Å²) in [6, 6.07) is 10.7. The van der Waals surface area contributed by atoms with E-state index >= 15 is 0 Å². The summed E-state index contributed by atoms with van der Waals surface area (Å²) in [5, 5.41) is 0.766. The van der Waals surface area contributed by atoms with Crippen molar-refractivity contribution in [2.75, 3.05) is 7.11 Å². The van der Waals surface area contributed by atoms with Crippen molar-refractivity contribution in [1.29, 1.82) is 0 Å². The molecule has 6 heteroatoms. The molecule has 0 amide bonds. The Labute approximate surface area is 142 Å². The molecule has 1 N–H and O–H groups in total. The minimum atomic E-state index is -0.291. The number of methoxy groups -OCH3 is 1. The fourth-order valence-corrected chi connectivity index (χ4v) is 2.42. The van der Waals surface area contributed by atoms with Crippen molar-refractivity contribution in [3.05, 3.63) is 68.1 Å². The summed E-state index contributed by atoms with van der Waals surface area (Å²) in [5.41, 5.74) is 2.06. The molecule has 0 aliphatic rings. The van der Waals surface area contributed by atoms with Crippen LogP contribution in [0.5, 0.6) is 5.75 Å². The number of ether oxygens (including phenoxy) is 1. The van der Waals surface area contributed by atoms with Gasteiger partial charge in [-0.1, -0.05) is 41.4 Å². The van der Waals surface area contributed by atoms with Gasteiger partial charge in [-0.25, -0.2) is 4.98 Å². The first-order valence-corrected chi connectivity index (χ1v) is 7.53. The largest absolute Gasteiger partial charge is 0.497 e. The highest BCUT2D eigenvalue weighted by molar-refractivity contribution is 6.42. The molecule has 0 saturated carbocycles. The van der Waals surface area contributed by atoms with Gasteiger partial charge >= 0.3 is 0 Å². The number of fused-ring (bicyclic) bond motifs is 1. The lowest BCUT2D eigenvalue weighted by molar-refractivity contribution is 0.415. The van der Waals surface area contributed by atoms with Crippen LogP contribution in [0.1, 0.15) is 11.3 Å². The standard InChI is InChI=1S/C17H12Cl2N2O2/c1-23-11-5-2-10(3-6-11)4-7-14-17(22)21-16-9-13(19)12(18)8-15(16)20-14/h2-9H,1H3,(H,21,22). The van der Waals surface area contributed by atoms with Gasteiger partial charge < -0.3 is 9.72 Å². The van der Waals surface area contributed by atoms with E-state index in [1.54, 1.807) is 31.4 Å². The molecule has 0 saturated heterocycles. The summed E-state index contributed by atoms with van der Waals surface area (Å²) in [6.07, 6.45) is 3.46. The summed E-state index contributed by atoms with van der Waals surface area (Å²) in [4.78, 5) is 19.2. The number of aromatic nitrogens is 2. The molecule has 3 aromatic rings. The van der Waals surface area contributed by atoms with Crippen LogP contribution in [0.25, 0.3) is 23.2 Å². The summed E-state index contributed by atoms with van der Waals surface area (Å²) in [7, 11) is 1.61. The van der Waals surface area contributed by atoms with Crippen molar-refractivity contribution in [1.82, 2.24) is 9.97 Å². The van der Waals surface area contributed by atoms with Crippen molar-refractivity contribution in [2.24, 2.45) is 0 Å². The van der Waals surface area contributed by atoms with E-state index in [1.165, 1.54) is 0 Å². The minimum absolute atomic E-state index is 0.291. The van der Waals surface area contributed by atoms with Gasteiger partial charge in [0.25, 0.3) is 5.56 Å². The van der Waals surface area contributed by atoms with Gasteiger partial charge in [0.2, 0.25) is 0 Å². The molecule has 2 aromatic carbocycles. The van der Waals surface area contributed by atoms with Crippen LogP contribution in [0, 0.1) is 0 Å². The Hall–Kier alpha value is -2.30. The summed E-state index contributed by atoms with van der Waals surface area (Å²) in [5.74, 6) is 0.773. The van der Waals surface area contributed by atoms with Crippen LogP contribution in [0.4, 0.5) is 0 Å². The second kappa shape index (κ2) is 6.44. The summed E-state index contributed by atoms with van der Waals surface area (Å²) in [6.45, 7) is 0. The van der Waals surface area contributed by atoms with Crippen LogP contribution in [0.15, 0.2) is 41.2 Å². The quantitative estimate of drug-likeness (QED) is 0.764. The highest BCUT2D eigenvalue weighted by atomic mass is 35.5. The van der Waals surface area contributed by atoms with Crippen LogP contribution in [-0.4, -0.2) is 17.1 Å². The van der Waals surface area contributed by atoms with Gasteiger partial charge in [-0.05, 0) is 35.9 Å². The molecule has 0 unspecified atom stereocenters. The fraction of sp³-hybridized carbons (Fsp3) is 0.0588. The van der Waals surface area contributed by atoms with Crippen molar-refractivity contribution >= 4 is 46.4 Å². The molecule has 4 nitrogen and oxygen atoms in total. The summed E-state index contributed by atoms with van der Waals surface area (Å²) < 4.78 is 5.11. The molecule has 0 bridgehead atoms. The molecule has 0 radical (unpaired) electrons. The fourth-order valence-electron chi connectivity index (χ4n) is 2.10. The van der Waals surface area contributed by atoms with Crippen molar-refractivity contribution in [3.63, 3.8) is 0 Å². The molecule has 0 spiro atoms.